The summed E-state index contributed by atoms with van der Waals surface area (Å²) in [7, 11) is -3.49. The lowest BCUT2D eigenvalue weighted by molar-refractivity contribution is -0.153. The molecule has 0 saturated heterocycles. The van der Waals surface area contributed by atoms with E-state index >= 15 is 0 Å². The summed E-state index contributed by atoms with van der Waals surface area (Å²) in [5, 5.41) is 2.51. The second kappa shape index (κ2) is 7.65. The van der Waals surface area contributed by atoms with E-state index < -0.39 is 28.7 Å². The highest BCUT2D eigenvalue weighted by atomic mass is 32.2. The van der Waals surface area contributed by atoms with Gasteiger partial charge >= 0.3 is 6.18 Å². The van der Waals surface area contributed by atoms with Crippen LogP contribution in [0.15, 0.2) is 48.5 Å². The van der Waals surface area contributed by atoms with Crippen molar-refractivity contribution in [1.29, 1.82) is 0 Å². The molecule has 0 aromatic heterocycles. The molecular weight excluding hydrogens is 373 g/mol. The molecular formula is C16H15F3N2O4S. The van der Waals surface area contributed by atoms with Gasteiger partial charge in [-0.15, -0.1) is 0 Å². The third kappa shape index (κ3) is 6.63. The van der Waals surface area contributed by atoms with Crippen LogP contribution in [-0.2, 0) is 10.0 Å². The van der Waals surface area contributed by atoms with E-state index in [2.05, 4.69) is 14.8 Å². The van der Waals surface area contributed by atoms with Crippen LogP contribution in [0.5, 0.6) is 5.75 Å². The molecule has 0 aliphatic rings. The van der Waals surface area contributed by atoms with Gasteiger partial charge < -0.3 is 10.1 Å². The number of hydrogen-bond donors (Lipinski definition) is 2. The number of carbonyl (C=O) groups is 1. The smallest absolute Gasteiger partial charge is 0.422 e. The van der Waals surface area contributed by atoms with Crippen molar-refractivity contribution >= 4 is 27.3 Å². The second-order valence-corrected chi connectivity index (χ2v) is 7.09. The molecule has 26 heavy (non-hydrogen) atoms. The van der Waals surface area contributed by atoms with E-state index in [0.717, 1.165) is 6.26 Å². The van der Waals surface area contributed by atoms with Crippen LogP contribution in [0.2, 0.25) is 0 Å². The van der Waals surface area contributed by atoms with E-state index in [1.54, 1.807) is 0 Å². The molecule has 0 aliphatic heterocycles. The van der Waals surface area contributed by atoms with Gasteiger partial charge in [-0.3, -0.25) is 9.52 Å². The van der Waals surface area contributed by atoms with Gasteiger partial charge in [0.25, 0.3) is 5.91 Å². The van der Waals surface area contributed by atoms with Gasteiger partial charge in [0, 0.05) is 23.0 Å². The lowest BCUT2D eigenvalue weighted by Gasteiger charge is -2.11. The van der Waals surface area contributed by atoms with Crippen molar-refractivity contribution in [3.8, 4) is 5.75 Å². The standard InChI is InChI=1S/C16H15F3N2O4S/c1-26(23,24)21-13-6-2-4-11(8-13)15(22)20-12-5-3-7-14(9-12)25-10-16(17,18)19/h2-9,21H,10H2,1H3,(H,20,22). The summed E-state index contributed by atoms with van der Waals surface area (Å²) in [6.45, 7) is -1.44. The highest BCUT2D eigenvalue weighted by molar-refractivity contribution is 7.92. The molecule has 0 unspecified atom stereocenters. The van der Waals surface area contributed by atoms with E-state index in [4.69, 9.17) is 0 Å². The van der Waals surface area contributed by atoms with Gasteiger partial charge in [0.15, 0.2) is 6.61 Å². The number of ether oxygens (including phenoxy) is 1. The first-order chi connectivity index (χ1) is 12.0. The van der Waals surface area contributed by atoms with Crippen molar-refractivity contribution in [2.75, 3.05) is 22.9 Å². The van der Waals surface area contributed by atoms with Gasteiger partial charge in [0.05, 0.1) is 6.26 Å². The van der Waals surface area contributed by atoms with Crippen LogP contribution in [0.3, 0.4) is 0 Å². The summed E-state index contributed by atoms with van der Waals surface area (Å²) in [5.74, 6) is -0.609. The van der Waals surface area contributed by atoms with E-state index in [0.29, 0.717) is 0 Å². The Hall–Kier alpha value is -2.75. The van der Waals surface area contributed by atoms with Crippen molar-refractivity contribution in [3.63, 3.8) is 0 Å². The lowest BCUT2D eigenvalue weighted by Crippen LogP contribution is -2.19. The number of sulfonamides is 1. The average molecular weight is 388 g/mol. The van der Waals surface area contributed by atoms with Gasteiger partial charge in [0.2, 0.25) is 10.0 Å². The Morgan fingerprint density at radius 3 is 2.38 bits per heavy atom. The van der Waals surface area contributed by atoms with E-state index in [9.17, 15) is 26.4 Å². The zero-order chi connectivity index (χ0) is 19.4. The molecule has 0 atom stereocenters. The Morgan fingerprint density at radius 2 is 1.73 bits per heavy atom. The molecule has 0 saturated carbocycles. The highest BCUT2D eigenvalue weighted by Gasteiger charge is 2.28. The molecule has 2 rings (SSSR count). The normalized spacial score (nSPS) is 11.7. The Balaban J connectivity index is 2.09. The molecule has 0 radical (unpaired) electrons. The summed E-state index contributed by atoms with van der Waals surface area (Å²) in [4.78, 5) is 12.3. The van der Waals surface area contributed by atoms with Crippen molar-refractivity contribution in [2.45, 2.75) is 6.18 Å². The Kier molecular flexibility index (Phi) is 5.76. The van der Waals surface area contributed by atoms with Gasteiger partial charge in [-0.05, 0) is 30.3 Å². The number of alkyl halides is 3. The number of benzene rings is 2. The van der Waals surface area contributed by atoms with E-state index in [1.807, 2.05) is 0 Å². The summed E-state index contributed by atoms with van der Waals surface area (Å²) < 4.78 is 65.9. The number of carbonyl (C=O) groups excluding carboxylic acids is 1. The SMILES string of the molecule is CS(=O)(=O)Nc1cccc(C(=O)Nc2cccc(OCC(F)(F)F)c2)c1. The Bertz CT molecular complexity index is 898. The average Bonchev–Trinajstić information content (AvgIpc) is 2.51. The molecule has 2 N–H and O–H groups in total. The minimum Gasteiger partial charge on any atom is -0.484 e. The largest absolute Gasteiger partial charge is 0.484 e. The highest BCUT2D eigenvalue weighted by Crippen LogP contribution is 2.22. The minimum absolute atomic E-state index is 0.0485. The third-order valence-electron chi connectivity index (χ3n) is 2.92. The first-order valence-electron chi connectivity index (χ1n) is 7.21. The van der Waals surface area contributed by atoms with Crippen LogP contribution in [0.1, 0.15) is 10.4 Å². The van der Waals surface area contributed by atoms with Crippen LogP contribution in [0.4, 0.5) is 24.5 Å². The van der Waals surface area contributed by atoms with Crippen molar-refractivity contribution in [3.05, 3.63) is 54.1 Å². The zero-order valence-electron chi connectivity index (χ0n) is 13.5. The molecule has 0 spiro atoms. The topological polar surface area (TPSA) is 84.5 Å². The van der Waals surface area contributed by atoms with E-state index in [-0.39, 0.29) is 22.7 Å². The van der Waals surface area contributed by atoms with Gasteiger partial charge in [-0.25, -0.2) is 8.42 Å². The number of hydrogen-bond acceptors (Lipinski definition) is 4. The van der Waals surface area contributed by atoms with Crippen molar-refractivity contribution in [2.24, 2.45) is 0 Å². The number of amides is 1. The van der Waals surface area contributed by atoms with Crippen LogP contribution >= 0.6 is 0 Å². The summed E-state index contributed by atoms with van der Waals surface area (Å²) in [6, 6.07) is 11.3. The Morgan fingerprint density at radius 1 is 1.08 bits per heavy atom. The molecule has 2 aromatic rings. The van der Waals surface area contributed by atoms with Gasteiger partial charge in [-0.1, -0.05) is 12.1 Å². The fraction of sp³-hybridized carbons (Fsp3) is 0.188. The second-order valence-electron chi connectivity index (χ2n) is 5.34. The fourth-order valence-electron chi connectivity index (χ4n) is 1.97. The van der Waals surface area contributed by atoms with Crippen molar-refractivity contribution in [1.82, 2.24) is 0 Å². The number of halogens is 3. The summed E-state index contributed by atoms with van der Waals surface area (Å²) in [5.41, 5.74) is 0.610. The maximum absolute atomic E-state index is 12.3. The predicted molar refractivity (Wildman–Crippen MR) is 90.9 cm³/mol. The maximum atomic E-state index is 12.3. The van der Waals surface area contributed by atoms with E-state index in [1.165, 1.54) is 48.5 Å². The summed E-state index contributed by atoms with van der Waals surface area (Å²) >= 11 is 0. The number of nitrogens with one attached hydrogen (secondary N) is 2. The molecule has 10 heteroatoms. The third-order valence-corrected chi connectivity index (χ3v) is 3.53. The predicted octanol–water partition coefficient (Wildman–Crippen LogP) is 3.25. The molecule has 0 fully saturated rings. The van der Waals surface area contributed by atoms with Crippen LogP contribution in [-0.4, -0.2) is 33.4 Å². The quantitative estimate of drug-likeness (QED) is 0.796. The number of rotatable bonds is 6. The van der Waals surface area contributed by atoms with Crippen LogP contribution in [0.25, 0.3) is 0 Å². The number of anilines is 2. The monoisotopic (exact) mass is 388 g/mol. The molecule has 0 bridgehead atoms. The maximum Gasteiger partial charge on any atom is 0.422 e. The van der Waals surface area contributed by atoms with Crippen molar-refractivity contribution < 1.29 is 31.1 Å². The fourth-order valence-corrected chi connectivity index (χ4v) is 2.53. The lowest BCUT2D eigenvalue weighted by atomic mass is 10.2. The molecule has 1 amide bonds. The molecule has 140 valence electrons. The van der Waals surface area contributed by atoms with Gasteiger partial charge in [0.1, 0.15) is 5.75 Å². The molecule has 0 heterocycles. The zero-order valence-corrected chi connectivity index (χ0v) is 14.3. The van der Waals surface area contributed by atoms with Crippen LogP contribution < -0.4 is 14.8 Å². The molecule has 6 nitrogen and oxygen atoms in total. The van der Waals surface area contributed by atoms with Gasteiger partial charge in [-0.2, -0.15) is 13.2 Å². The first-order valence-corrected chi connectivity index (χ1v) is 9.10. The van der Waals surface area contributed by atoms with Crippen LogP contribution in [0, 0.1) is 0 Å². The Labute approximate surface area is 148 Å². The molecule has 0 aliphatic carbocycles. The summed E-state index contributed by atoms with van der Waals surface area (Å²) in [6.07, 6.45) is -3.49. The minimum atomic E-state index is -4.47. The molecule has 2 aromatic carbocycles. The first kappa shape index (κ1) is 19.6.